The zero-order chi connectivity index (χ0) is 24.0. The Morgan fingerprint density at radius 3 is 2.70 bits per heavy atom. The number of hydrogen-bond acceptors (Lipinski definition) is 8. The Kier molecular flexibility index (Phi) is 8.43. The number of rotatable bonds is 9. The normalized spacial score (nSPS) is 19.2. The fraction of sp³-hybridized carbons (Fsp3) is 0.545. The highest BCUT2D eigenvalue weighted by atomic mass is 32.2. The molecule has 2 heterocycles. The fourth-order valence-corrected chi connectivity index (χ4v) is 4.60. The van der Waals surface area contributed by atoms with Crippen LogP contribution in [0.25, 0.3) is 0 Å². The molecule has 0 aliphatic heterocycles. The number of aromatic nitrogens is 3. The van der Waals surface area contributed by atoms with Crippen LogP contribution in [-0.2, 0) is 4.79 Å². The quantitative estimate of drug-likeness (QED) is 0.369. The molecule has 1 saturated carbocycles. The average Bonchev–Trinajstić information content (AvgIpc) is 3.24. The summed E-state index contributed by atoms with van der Waals surface area (Å²) in [6.07, 6.45) is 6.84. The van der Waals surface area contributed by atoms with Gasteiger partial charge in [0.15, 0.2) is 0 Å². The third-order valence-corrected chi connectivity index (χ3v) is 6.33. The molecule has 0 spiro atoms. The number of amides is 2. The number of carbonyl (C=O) groups is 3. The molecule has 1 aliphatic carbocycles. The maximum atomic E-state index is 13.2. The topological polar surface area (TPSA) is 147 Å². The molecule has 0 unspecified atom stereocenters. The van der Waals surface area contributed by atoms with E-state index in [2.05, 4.69) is 25.8 Å². The maximum absolute atomic E-state index is 13.2. The van der Waals surface area contributed by atoms with Crippen LogP contribution in [0.15, 0.2) is 32.6 Å². The number of Topliss-reactive ketones (excluding diaryl/α,β-unsaturated/α-hetero) is 1. The van der Waals surface area contributed by atoms with E-state index in [9.17, 15) is 19.2 Å². The number of aromatic amines is 1. The zero-order valence-electron chi connectivity index (χ0n) is 18.9. The summed E-state index contributed by atoms with van der Waals surface area (Å²) in [6, 6.07) is 2.17. The van der Waals surface area contributed by atoms with Crippen LogP contribution in [0.4, 0.5) is 0 Å². The molecule has 0 bridgehead atoms. The molecule has 0 aromatic carbocycles. The highest BCUT2D eigenvalue weighted by Crippen LogP contribution is 2.26. The summed E-state index contributed by atoms with van der Waals surface area (Å²) >= 11 is 1.38. The van der Waals surface area contributed by atoms with Gasteiger partial charge in [0.05, 0.1) is 17.5 Å². The number of ketones is 1. The van der Waals surface area contributed by atoms with E-state index in [0.717, 1.165) is 12.8 Å². The average molecular weight is 476 g/mol. The van der Waals surface area contributed by atoms with Gasteiger partial charge in [-0.3, -0.25) is 14.4 Å². The van der Waals surface area contributed by atoms with Crippen molar-refractivity contribution < 1.29 is 18.8 Å². The second-order valence-corrected chi connectivity index (χ2v) is 9.30. The number of carbonyl (C=O) groups excluding carboxylic acids is 3. The first kappa shape index (κ1) is 24.7. The first-order valence-corrected chi connectivity index (χ1v) is 12.2. The van der Waals surface area contributed by atoms with E-state index in [4.69, 9.17) is 4.42 Å². The molecule has 1 aliphatic rings. The van der Waals surface area contributed by atoms with Gasteiger partial charge in [0, 0.05) is 12.2 Å². The van der Waals surface area contributed by atoms with Crippen LogP contribution in [0.1, 0.15) is 67.0 Å². The Morgan fingerprint density at radius 1 is 1.27 bits per heavy atom. The highest BCUT2D eigenvalue weighted by Gasteiger charge is 2.35. The second-order valence-electron chi connectivity index (χ2n) is 8.50. The third kappa shape index (κ3) is 6.31. The summed E-state index contributed by atoms with van der Waals surface area (Å²) in [7, 11) is 0. The second kappa shape index (κ2) is 11.3. The van der Waals surface area contributed by atoms with E-state index >= 15 is 0 Å². The standard InChI is InChI=1S/C22H29N5O5S/c1-12(2)11-16(17(28)20-26-27-22(31)32-20)25-18(29)13-7-4-5-9-15(13)24-19(30)14-8-6-10-23-21(14)33-3/h6,8,10,12-13,15-16H,4-5,7,9,11H2,1-3H3,(H,24,30)(H,25,29)(H,27,31)/t13-,15+,16+/m1/s1. The van der Waals surface area contributed by atoms with E-state index in [-0.39, 0.29) is 29.7 Å². The van der Waals surface area contributed by atoms with Crippen LogP contribution in [-0.4, -0.2) is 51.1 Å². The van der Waals surface area contributed by atoms with E-state index in [1.54, 1.807) is 18.3 Å². The minimum absolute atomic E-state index is 0.0994. The lowest BCUT2D eigenvalue weighted by Gasteiger charge is -2.32. The van der Waals surface area contributed by atoms with Crippen LogP contribution < -0.4 is 16.4 Å². The Hall–Kier alpha value is -2.95. The summed E-state index contributed by atoms with van der Waals surface area (Å²) in [5, 5.41) is 12.1. The molecule has 0 radical (unpaired) electrons. The van der Waals surface area contributed by atoms with Crippen LogP contribution in [0, 0.1) is 11.8 Å². The van der Waals surface area contributed by atoms with Gasteiger partial charge in [0.1, 0.15) is 5.03 Å². The maximum Gasteiger partial charge on any atom is 0.434 e. The van der Waals surface area contributed by atoms with Crippen molar-refractivity contribution in [3.8, 4) is 0 Å². The molecule has 3 rings (SSSR count). The van der Waals surface area contributed by atoms with Gasteiger partial charge in [-0.1, -0.05) is 26.7 Å². The molecule has 3 atom stereocenters. The van der Waals surface area contributed by atoms with Crippen molar-refractivity contribution in [3.63, 3.8) is 0 Å². The number of hydrogen-bond donors (Lipinski definition) is 3. The lowest BCUT2D eigenvalue weighted by molar-refractivity contribution is -0.127. The number of nitrogens with zero attached hydrogens (tertiary/aromatic N) is 2. The van der Waals surface area contributed by atoms with Gasteiger partial charge in [-0.2, -0.15) is 0 Å². The van der Waals surface area contributed by atoms with E-state index < -0.39 is 23.5 Å². The number of H-pyrrole nitrogens is 1. The summed E-state index contributed by atoms with van der Waals surface area (Å²) < 4.78 is 4.79. The molecule has 11 heteroatoms. The molecule has 178 valence electrons. The molecule has 0 saturated heterocycles. The van der Waals surface area contributed by atoms with Crippen LogP contribution in [0.3, 0.4) is 0 Å². The van der Waals surface area contributed by atoms with Crippen LogP contribution >= 0.6 is 11.8 Å². The fourth-order valence-electron chi connectivity index (χ4n) is 4.06. The molecule has 10 nitrogen and oxygen atoms in total. The van der Waals surface area contributed by atoms with Gasteiger partial charge >= 0.3 is 5.76 Å². The Balaban J connectivity index is 1.74. The monoisotopic (exact) mass is 475 g/mol. The Morgan fingerprint density at radius 2 is 2.03 bits per heavy atom. The summed E-state index contributed by atoms with van der Waals surface area (Å²) in [5.74, 6) is -2.72. The van der Waals surface area contributed by atoms with Gasteiger partial charge in [0.25, 0.3) is 11.8 Å². The van der Waals surface area contributed by atoms with E-state index in [1.165, 1.54) is 11.8 Å². The molecular formula is C22H29N5O5S. The molecule has 2 aromatic rings. The molecule has 2 aromatic heterocycles. The molecule has 33 heavy (non-hydrogen) atoms. The minimum Gasteiger partial charge on any atom is -0.384 e. The molecule has 1 fully saturated rings. The van der Waals surface area contributed by atoms with Gasteiger partial charge < -0.3 is 15.1 Å². The highest BCUT2D eigenvalue weighted by molar-refractivity contribution is 7.98. The summed E-state index contributed by atoms with van der Waals surface area (Å²) in [4.78, 5) is 54.4. The van der Waals surface area contributed by atoms with Gasteiger partial charge in [-0.05, 0) is 43.6 Å². The SMILES string of the molecule is CSc1ncccc1C(=O)N[C@H]1CCCC[C@H]1C(=O)N[C@@H](CC(C)C)C(=O)c1n[nH]c(=O)o1. The van der Waals surface area contributed by atoms with Crippen molar-refractivity contribution >= 4 is 29.4 Å². The summed E-state index contributed by atoms with van der Waals surface area (Å²) in [6.45, 7) is 3.85. The molecule has 3 N–H and O–H groups in total. The van der Waals surface area contributed by atoms with Crippen molar-refractivity contribution in [1.82, 2.24) is 25.8 Å². The van der Waals surface area contributed by atoms with Gasteiger partial charge in [0.2, 0.25) is 11.7 Å². The largest absolute Gasteiger partial charge is 0.434 e. The van der Waals surface area contributed by atoms with Crippen molar-refractivity contribution in [3.05, 3.63) is 40.3 Å². The number of thioether (sulfide) groups is 1. The minimum atomic E-state index is -0.886. The van der Waals surface area contributed by atoms with Crippen molar-refractivity contribution in [1.29, 1.82) is 0 Å². The van der Waals surface area contributed by atoms with Crippen molar-refractivity contribution in [2.24, 2.45) is 11.8 Å². The number of pyridine rings is 1. The van der Waals surface area contributed by atoms with E-state index in [1.807, 2.05) is 20.1 Å². The molecular weight excluding hydrogens is 446 g/mol. The Bertz CT molecular complexity index is 1050. The van der Waals surface area contributed by atoms with Crippen LogP contribution in [0.2, 0.25) is 0 Å². The summed E-state index contributed by atoms with van der Waals surface area (Å²) in [5.41, 5.74) is 0.469. The first-order chi connectivity index (χ1) is 15.8. The smallest absolute Gasteiger partial charge is 0.384 e. The van der Waals surface area contributed by atoms with Crippen LogP contribution in [0.5, 0.6) is 0 Å². The predicted octanol–water partition coefficient (Wildman–Crippen LogP) is 2.18. The zero-order valence-corrected chi connectivity index (χ0v) is 19.7. The van der Waals surface area contributed by atoms with Crippen molar-refractivity contribution in [2.45, 2.75) is 63.1 Å². The first-order valence-electron chi connectivity index (χ1n) is 11.0. The lowest BCUT2D eigenvalue weighted by Crippen LogP contribution is -2.52. The van der Waals surface area contributed by atoms with Crippen molar-refractivity contribution in [2.75, 3.05) is 6.26 Å². The third-order valence-electron chi connectivity index (χ3n) is 5.62. The number of nitrogens with one attached hydrogen (secondary N) is 3. The Labute approximate surface area is 195 Å². The predicted molar refractivity (Wildman–Crippen MR) is 122 cm³/mol. The van der Waals surface area contributed by atoms with Gasteiger partial charge in [-0.25, -0.2) is 14.9 Å². The lowest BCUT2D eigenvalue weighted by atomic mass is 9.83. The molecule has 2 amide bonds. The van der Waals surface area contributed by atoms with E-state index in [0.29, 0.717) is 29.9 Å². The van der Waals surface area contributed by atoms with Gasteiger partial charge in [-0.15, -0.1) is 16.9 Å².